The van der Waals surface area contributed by atoms with Gasteiger partial charge in [-0.05, 0) is 28.2 Å². The molecular weight excluding hydrogens is 390 g/mol. The van der Waals surface area contributed by atoms with Crippen molar-refractivity contribution in [1.82, 2.24) is 0 Å². The lowest BCUT2D eigenvalue weighted by atomic mass is 9.88. The van der Waals surface area contributed by atoms with Gasteiger partial charge in [0, 0.05) is 6.42 Å². The summed E-state index contributed by atoms with van der Waals surface area (Å²) < 4.78 is 6.37. The van der Waals surface area contributed by atoms with Gasteiger partial charge in [-0.3, -0.25) is 0 Å². The second-order valence-electron chi connectivity index (χ2n) is 7.32. The van der Waals surface area contributed by atoms with Crippen LogP contribution in [-0.4, -0.2) is 49.5 Å². The van der Waals surface area contributed by atoms with Crippen LogP contribution in [0, 0.1) is 11.8 Å². The van der Waals surface area contributed by atoms with E-state index in [1.807, 2.05) is 36.4 Å². The molecule has 1 aliphatic heterocycles. The summed E-state index contributed by atoms with van der Waals surface area (Å²) in [5.41, 5.74) is 3.17. The van der Waals surface area contributed by atoms with Crippen LogP contribution in [0.1, 0.15) is 17.5 Å². The van der Waals surface area contributed by atoms with E-state index < -0.39 is 5.60 Å². The number of aliphatic hydroxyl groups is 1. The van der Waals surface area contributed by atoms with Crippen LogP contribution in [0.2, 0.25) is 0 Å². The molecule has 1 heterocycles. The fraction of sp³-hybridized carbons (Fsp3) is 0.364. The largest absolute Gasteiger partial charge is 1.00 e. The van der Waals surface area contributed by atoms with E-state index in [2.05, 4.69) is 31.0 Å². The van der Waals surface area contributed by atoms with Gasteiger partial charge in [-0.15, -0.1) is 0 Å². The molecule has 1 N–H and O–H groups in total. The van der Waals surface area contributed by atoms with E-state index in [4.69, 9.17) is 4.74 Å². The lowest BCUT2D eigenvalue weighted by molar-refractivity contribution is -0.910. The average Bonchev–Trinajstić information content (AvgIpc) is 2.90. The summed E-state index contributed by atoms with van der Waals surface area (Å²) in [7, 11) is 2.23. The number of rotatable bonds is 2. The zero-order valence-electron chi connectivity index (χ0n) is 15.0. The molecule has 2 aromatic rings. The zero-order valence-corrected chi connectivity index (χ0v) is 16.6. The molecule has 136 valence electrons. The number of benzene rings is 2. The van der Waals surface area contributed by atoms with Crippen molar-refractivity contribution in [3.63, 3.8) is 0 Å². The van der Waals surface area contributed by atoms with Gasteiger partial charge in [0.15, 0.2) is 0 Å². The third kappa shape index (κ3) is 3.33. The van der Waals surface area contributed by atoms with Crippen LogP contribution in [0.4, 0.5) is 0 Å². The molecular formula is C22H24BrNO2. The van der Waals surface area contributed by atoms with E-state index >= 15 is 0 Å². The molecule has 4 heteroatoms. The number of nitrogens with zero attached hydrogens (tertiary/aromatic N) is 1. The first-order valence-corrected chi connectivity index (χ1v) is 8.91. The summed E-state index contributed by atoms with van der Waals surface area (Å²) in [6.07, 6.45) is 0.428. The van der Waals surface area contributed by atoms with Crippen molar-refractivity contribution >= 4 is 0 Å². The minimum absolute atomic E-state index is 0. The monoisotopic (exact) mass is 413 g/mol. The fourth-order valence-electron chi connectivity index (χ4n) is 3.87. The van der Waals surface area contributed by atoms with Crippen molar-refractivity contribution in [3.05, 3.63) is 59.7 Å². The summed E-state index contributed by atoms with van der Waals surface area (Å²) in [6.45, 7) is 4.43. The Morgan fingerprint density at radius 2 is 1.50 bits per heavy atom. The lowest BCUT2D eigenvalue weighted by Crippen LogP contribution is -3.00. The number of fused-ring (bicyclic) bond motifs is 3. The lowest BCUT2D eigenvalue weighted by Gasteiger charge is -2.35. The third-order valence-corrected chi connectivity index (χ3v) is 5.52. The summed E-state index contributed by atoms with van der Waals surface area (Å²) in [6, 6.07) is 16.2. The van der Waals surface area contributed by atoms with Crippen LogP contribution >= 0.6 is 0 Å². The number of hydrogen-bond donors (Lipinski definition) is 1. The third-order valence-electron chi connectivity index (χ3n) is 5.52. The van der Waals surface area contributed by atoms with Gasteiger partial charge in [-0.1, -0.05) is 54.5 Å². The predicted octanol–water partition coefficient (Wildman–Crippen LogP) is -0.223. The van der Waals surface area contributed by atoms with Crippen molar-refractivity contribution in [3.8, 4) is 23.0 Å². The number of ether oxygens (including phenoxy) is 1. The first-order chi connectivity index (χ1) is 12.1. The Hall–Kier alpha value is -1.64. The normalized spacial score (nSPS) is 18.7. The Morgan fingerprint density at radius 3 is 2.08 bits per heavy atom. The number of likely N-dealkylation sites (N-methyl/N-ethyl adjacent to an activating group) is 1. The second-order valence-corrected chi connectivity index (χ2v) is 7.32. The maximum absolute atomic E-state index is 11.5. The zero-order chi connectivity index (χ0) is 17.3. The van der Waals surface area contributed by atoms with Crippen LogP contribution < -0.4 is 17.0 Å². The van der Waals surface area contributed by atoms with E-state index in [0.29, 0.717) is 6.42 Å². The molecule has 4 rings (SSSR count). The number of morpholine rings is 1. The molecule has 3 nitrogen and oxygen atoms in total. The molecule has 1 fully saturated rings. The molecule has 0 bridgehead atoms. The Kier molecular flexibility index (Phi) is 5.55. The quantitative estimate of drug-likeness (QED) is 0.544. The Balaban J connectivity index is 0.00000196. The van der Waals surface area contributed by atoms with Gasteiger partial charge in [-0.2, -0.15) is 0 Å². The Labute approximate surface area is 166 Å². The smallest absolute Gasteiger partial charge is 0.140 e. The van der Waals surface area contributed by atoms with Gasteiger partial charge >= 0.3 is 0 Å². The molecule has 26 heavy (non-hydrogen) atoms. The molecule has 0 aromatic heterocycles. The van der Waals surface area contributed by atoms with Gasteiger partial charge in [0.05, 0.1) is 20.3 Å². The standard InChI is InChI=1S/C22H24NO2.BrH/c1-23(14-16-25-17-15-23)13-7-6-12-22(24)20-10-4-2-8-18(20)19-9-3-5-11-21(19)22;/h2-5,8-11,24H,12-17H2,1H3;1H/q+1;/p-1. The first kappa shape index (κ1) is 19.1. The van der Waals surface area contributed by atoms with Gasteiger partial charge in [0.25, 0.3) is 0 Å². The fourth-order valence-corrected chi connectivity index (χ4v) is 3.87. The van der Waals surface area contributed by atoms with Crippen molar-refractivity contribution in [2.24, 2.45) is 0 Å². The highest BCUT2D eigenvalue weighted by atomic mass is 79.9. The summed E-state index contributed by atoms with van der Waals surface area (Å²) in [4.78, 5) is 0. The SMILES string of the molecule is C[N+]1(CC#CCC2(O)c3ccccc3-c3ccccc32)CCOCC1.[Br-]. The van der Waals surface area contributed by atoms with Gasteiger partial charge in [0.1, 0.15) is 25.2 Å². The maximum atomic E-state index is 11.5. The van der Waals surface area contributed by atoms with Crippen LogP contribution in [0.15, 0.2) is 48.5 Å². The molecule has 2 aliphatic rings. The summed E-state index contributed by atoms with van der Waals surface area (Å²) in [5, 5.41) is 11.5. The average molecular weight is 414 g/mol. The van der Waals surface area contributed by atoms with Crippen molar-refractivity contribution in [2.45, 2.75) is 12.0 Å². The highest BCUT2D eigenvalue weighted by Crippen LogP contribution is 2.48. The number of halogens is 1. The molecule has 0 atom stereocenters. The Bertz CT molecular complexity index is 801. The molecule has 2 aromatic carbocycles. The van der Waals surface area contributed by atoms with E-state index in [1.165, 1.54) is 0 Å². The van der Waals surface area contributed by atoms with Crippen LogP contribution in [0.5, 0.6) is 0 Å². The summed E-state index contributed by atoms with van der Waals surface area (Å²) in [5.74, 6) is 6.58. The maximum Gasteiger partial charge on any atom is 0.140 e. The molecule has 0 spiro atoms. The predicted molar refractivity (Wildman–Crippen MR) is 98.9 cm³/mol. The van der Waals surface area contributed by atoms with Crippen LogP contribution in [0.3, 0.4) is 0 Å². The van der Waals surface area contributed by atoms with Crippen molar-refractivity contribution < 1.29 is 31.3 Å². The molecule has 1 aliphatic carbocycles. The van der Waals surface area contributed by atoms with E-state index in [9.17, 15) is 5.11 Å². The Morgan fingerprint density at radius 1 is 0.962 bits per heavy atom. The minimum atomic E-state index is -1.01. The van der Waals surface area contributed by atoms with Gasteiger partial charge in [-0.25, -0.2) is 0 Å². The van der Waals surface area contributed by atoms with Crippen LogP contribution in [-0.2, 0) is 10.3 Å². The highest BCUT2D eigenvalue weighted by molar-refractivity contribution is 5.80. The van der Waals surface area contributed by atoms with Crippen LogP contribution in [0.25, 0.3) is 11.1 Å². The molecule has 0 radical (unpaired) electrons. The minimum Gasteiger partial charge on any atom is -1.00 e. The van der Waals surface area contributed by atoms with E-state index in [1.54, 1.807) is 0 Å². The van der Waals surface area contributed by atoms with Gasteiger partial charge in [0.2, 0.25) is 0 Å². The highest BCUT2D eigenvalue weighted by Gasteiger charge is 2.40. The molecule has 0 amide bonds. The van der Waals surface area contributed by atoms with Crippen molar-refractivity contribution in [1.29, 1.82) is 0 Å². The number of hydrogen-bond acceptors (Lipinski definition) is 2. The van der Waals surface area contributed by atoms with Crippen molar-refractivity contribution in [2.75, 3.05) is 39.9 Å². The first-order valence-electron chi connectivity index (χ1n) is 8.91. The number of quaternary nitrogens is 1. The molecule has 0 saturated carbocycles. The summed E-state index contributed by atoms with van der Waals surface area (Å²) >= 11 is 0. The second kappa shape index (κ2) is 7.54. The molecule has 0 unspecified atom stereocenters. The molecule has 1 saturated heterocycles. The van der Waals surface area contributed by atoms with E-state index in [-0.39, 0.29) is 17.0 Å². The van der Waals surface area contributed by atoms with Gasteiger partial charge < -0.3 is 31.3 Å². The van der Waals surface area contributed by atoms with E-state index in [0.717, 1.165) is 59.6 Å². The topological polar surface area (TPSA) is 29.5 Å².